The molecule has 0 amide bonds. The smallest absolute Gasteiger partial charge is 0.191 e. The minimum atomic E-state index is -3.41. The molecule has 7 nitrogen and oxygen atoms in total. The summed E-state index contributed by atoms with van der Waals surface area (Å²) in [5, 5.41) is 6.54. The van der Waals surface area contributed by atoms with Crippen molar-refractivity contribution in [3.8, 4) is 11.5 Å². The first-order valence-electron chi connectivity index (χ1n) is 9.84. The number of methoxy groups -OCH3 is 2. The quantitative estimate of drug-likeness (QED) is 0.466. The third-order valence-electron chi connectivity index (χ3n) is 4.84. The maximum Gasteiger partial charge on any atom is 0.191 e. The minimum absolute atomic E-state index is 0.0227. The third kappa shape index (κ3) is 6.13. The van der Waals surface area contributed by atoms with Crippen LogP contribution >= 0.6 is 0 Å². The maximum absolute atomic E-state index is 12.7. The Morgan fingerprint density at radius 1 is 1.07 bits per heavy atom. The second-order valence-electron chi connectivity index (χ2n) is 6.89. The van der Waals surface area contributed by atoms with Crippen LogP contribution in [-0.2, 0) is 9.84 Å². The molecule has 0 fully saturated rings. The standard InChI is InChI=1S/C22H31N3O4S/c1-6-17(15-30(26,27)19-10-8-7-9-11-19)25-22(23-3)24-16(2)20-14-18(28-4)12-13-21(20)29-5/h7-14,16-17H,6,15H2,1-5H3,(H2,23,24,25). The molecule has 0 spiro atoms. The molecule has 2 aromatic rings. The molecule has 164 valence electrons. The van der Waals surface area contributed by atoms with Crippen molar-refractivity contribution in [1.82, 2.24) is 10.6 Å². The van der Waals surface area contributed by atoms with Crippen LogP contribution in [0, 0.1) is 0 Å². The highest BCUT2D eigenvalue weighted by Gasteiger charge is 2.22. The number of hydrogen-bond acceptors (Lipinski definition) is 5. The van der Waals surface area contributed by atoms with Gasteiger partial charge >= 0.3 is 0 Å². The molecule has 0 bridgehead atoms. The van der Waals surface area contributed by atoms with Gasteiger partial charge in [0.15, 0.2) is 15.8 Å². The van der Waals surface area contributed by atoms with Crippen molar-refractivity contribution >= 4 is 15.8 Å². The predicted octanol–water partition coefficient (Wildman–Crippen LogP) is 3.18. The van der Waals surface area contributed by atoms with E-state index in [1.807, 2.05) is 32.0 Å². The van der Waals surface area contributed by atoms with Crippen molar-refractivity contribution in [2.75, 3.05) is 27.0 Å². The predicted molar refractivity (Wildman–Crippen MR) is 120 cm³/mol. The van der Waals surface area contributed by atoms with Gasteiger partial charge in [-0.15, -0.1) is 0 Å². The lowest BCUT2D eigenvalue weighted by Crippen LogP contribution is -2.46. The van der Waals surface area contributed by atoms with Gasteiger partial charge < -0.3 is 20.1 Å². The summed E-state index contributed by atoms with van der Waals surface area (Å²) in [6, 6.07) is 13.6. The number of benzene rings is 2. The number of rotatable bonds is 9. The van der Waals surface area contributed by atoms with Crippen LogP contribution in [-0.4, -0.2) is 47.4 Å². The molecule has 30 heavy (non-hydrogen) atoms. The normalized spacial score (nSPS) is 14.0. The van der Waals surface area contributed by atoms with Crippen LogP contribution < -0.4 is 20.1 Å². The summed E-state index contributed by atoms with van der Waals surface area (Å²) in [4.78, 5) is 4.59. The van der Waals surface area contributed by atoms with Crippen LogP contribution in [0.15, 0.2) is 58.4 Å². The summed E-state index contributed by atoms with van der Waals surface area (Å²) in [7, 11) is 1.48. The molecule has 0 aliphatic rings. The number of aliphatic imine (C=N–C) groups is 1. The van der Waals surface area contributed by atoms with E-state index in [-0.39, 0.29) is 17.8 Å². The Bertz CT molecular complexity index is 946. The summed E-state index contributed by atoms with van der Waals surface area (Å²) < 4.78 is 36.3. The molecule has 2 rings (SSSR count). The molecular formula is C22H31N3O4S. The summed E-state index contributed by atoms with van der Waals surface area (Å²) in [6.07, 6.45) is 0.629. The average Bonchev–Trinajstić information content (AvgIpc) is 2.77. The van der Waals surface area contributed by atoms with Crippen LogP contribution in [0.1, 0.15) is 31.9 Å². The van der Waals surface area contributed by atoms with Crippen LogP contribution in [0.25, 0.3) is 0 Å². The van der Waals surface area contributed by atoms with Gasteiger partial charge in [0, 0.05) is 18.7 Å². The Labute approximate surface area is 179 Å². The Kier molecular flexibility index (Phi) is 8.53. The zero-order valence-corrected chi connectivity index (χ0v) is 19.0. The number of nitrogens with one attached hydrogen (secondary N) is 2. The lowest BCUT2D eigenvalue weighted by molar-refractivity contribution is 0.394. The number of nitrogens with zero attached hydrogens (tertiary/aromatic N) is 1. The van der Waals surface area contributed by atoms with Gasteiger partial charge in [-0.05, 0) is 43.7 Å². The second-order valence-corrected chi connectivity index (χ2v) is 8.92. The fraction of sp³-hybridized carbons (Fsp3) is 0.409. The summed E-state index contributed by atoms with van der Waals surface area (Å²) in [5.41, 5.74) is 0.907. The van der Waals surface area contributed by atoms with E-state index in [0.29, 0.717) is 17.3 Å². The van der Waals surface area contributed by atoms with E-state index in [1.165, 1.54) is 0 Å². The molecule has 0 aromatic heterocycles. The summed E-state index contributed by atoms with van der Waals surface area (Å²) in [5.74, 6) is 1.95. The zero-order chi connectivity index (χ0) is 22.1. The maximum atomic E-state index is 12.7. The second kappa shape index (κ2) is 10.9. The van der Waals surface area contributed by atoms with Crippen LogP contribution in [0.5, 0.6) is 11.5 Å². The highest BCUT2D eigenvalue weighted by atomic mass is 32.2. The highest BCUT2D eigenvalue weighted by molar-refractivity contribution is 7.91. The molecule has 0 saturated heterocycles. The monoisotopic (exact) mass is 433 g/mol. The van der Waals surface area contributed by atoms with Crippen LogP contribution in [0.4, 0.5) is 0 Å². The topological polar surface area (TPSA) is 89.0 Å². The lowest BCUT2D eigenvalue weighted by Gasteiger charge is -2.24. The van der Waals surface area contributed by atoms with Crippen molar-refractivity contribution in [3.63, 3.8) is 0 Å². The first-order valence-corrected chi connectivity index (χ1v) is 11.5. The molecule has 0 aliphatic carbocycles. The van der Waals surface area contributed by atoms with Crippen molar-refractivity contribution < 1.29 is 17.9 Å². The van der Waals surface area contributed by atoms with Gasteiger partial charge in [0.2, 0.25) is 0 Å². The average molecular weight is 434 g/mol. The molecular weight excluding hydrogens is 402 g/mol. The molecule has 0 saturated carbocycles. The van der Waals surface area contributed by atoms with Crippen molar-refractivity contribution in [2.24, 2.45) is 4.99 Å². The van der Waals surface area contributed by atoms with Crippen molar-refractivity contribution in [1.29, 1.82) is 0 Å². The van der Waals surface area contributed by atoms with Gasteiger partial charge in [-0.2, -0.15) is 0 Å². The Hall–Kier alpha value is -2.74. The SMILES string of the molecule is CCC(CS(=O)(=O)c1ccccc1)NC(=NC)NC(C)c1cc(OC)ccc1OC. The molecule has 0 heterocycles. The third-order valence-corrected chi connectivity index (χ3v) is 6.67. The molecule has 2 unspecified atom stereocenters. The van der Waals surface area contributed by atoms with Gasteiger partial charge in [0.25, 0.3) is 0 Å². The minimum Gasteiger partial charge on any atom is -0.497 e. The molecule has 2 N–H and O–H groups in total. The summed E-state index contributed by atoms with van der Waals surface area (Å²) >= 11 is 0. The van der Waals surface area contributed by atoms with Crippen molar-refractivity contribution in [3.05, 3.63) is 54.1 Å². The largest absolute Gasteiger partial charge is 0.497 e. The number of sulfone groups is 1. The van der Waals surface area contributed by atoms with Crippen LogP contribution in [0.2, 0.25) is 0 Å². The first-order chi connectivity index (χ1) is 14.3. The van der Waals surface area contributed by atoms with Gasteiger partial charge in [-0.3, -0.25) is 4.99 Å². The van der Waals surface area contributed by atoms with E-state index in [4.69, 9.17) is 9.47 Å². The Balaban J connectivity index is 2.12. The van der Waals surface area contributed by atoms with E-state index in [9.17, 15) is 8.42 Å². The van der Waals surface area contributed by atoms with Gasteiger partial charge in [0.1, 0.15) is 11.5 Å². The van der Waals surface area contributed by atoms with E-state index in [2.05, 4.69) is 15.6 Å². The number of guanidine groups is 1. The van der Waals surface area contributed by atoms with E-state index in [0.717, 1.165) is 17.1 Å². The molecule has 0 radical (unpaired) electrons. The lowest BCUT2D eigenvalue weighted by atomic mass is 10.1. The fourth-order valence-corrected chi connectivity index (χ4v) is 4.69. The van der Waals surface area contributed by atoms with Gasteiger partial charge in [0.05, 0.1) is 30.9 Å². The van der Waals surface area contributed by atoms with Crippen LogP contribution in [0.3, 0.4) is 0 Å². The highest BCUT2D eigenvalue weighted by Crippen LogP contribution is 2.29. The Morgan fingerprint density at radius 2 is 1.77 bits per heavy atom. The van der Waals surface area contributed by atoms with Crippen molar-refractivity contribution in [2.45, 2.75) is 37.2 Å². The van der Waals surface area contributed by atoms with Gasteiger partial charge in [-0.25, -0.2) is 8.42 Å². The van der Waals surface area contributed by atoms with E-state index >= 15 is 0 Å². The number of ether oxygens (including phenoxy) is 2. The molecule has 0 aliphatic heterocycles. The zero-order valence-electron chi connectivity index (χ0n) is 18.2. The van der Waals surface area contributed by atoms with E-state index in [1.54, 1.807) is 51.6 Å². The first kappa shape index (κ1) is 23.5. The Morgan fingerprint density at radius 3 is 2.33 bits per heavy atom. The van der Waals surface area contributed by atoms with E-state index < -0.39 is 9.84 Å². The summed E-state index contributed by atoms with van der Waals surface area (Å²) in [6.45, 7) is 3.92. The molecule has 2 atom stereocenters. The fourth-order valence-electron chi connectivity index (χ4n) is 3.08. The van der Waals surface area contributed by atoms with Gasteiger partial charge in [-0.1, -0.05) is 25.1 Å². The number of hydrogen-bond donors (Lipinski definition) is 2. The molecule has 2 aromatic carbocycles. The molecule has 8 heteroatoms.